The van der Waals surface area contributed by atoms with E-state index in [4.69, 9.17) is 9.59 Å². The van der Waals surface area contributed by atoms with Crippen LogP contribution in [0, 0.1) is 27.7 Å². The number of carbonyl (C=O) groups excluding carboxylic acids is 2. The highest BCUT2D eigenvalue weighted by Crippen LogP contribution is 2.29. The normalized spacial score (nSPS) is 9.26. The van der Waals surface area contributed by atoms with Gasteiger partial charge in [-0.1, -0.05) is 36.4 Å². The van der Waals surface area contributed by atoms with Crippen molar-refractivity contribution in [2.45, 2.75) is 27.7 Å². The molecule has 2 aromatic rings. The van der Waals surface area contributed by atoms with Crippen LogP contribution >= 0.6 is 0 Å². The van der Waals surface area contributed by atoms with Gasteiger partial charge in [-0.05, 0) is 61.1 Å². The smallest absolute Gasteiger partial charge is 0.186 e. The Kier molecular flexibility index (Phi) is 5.23. The fraction of sp³-hybridized carbons (Fsp3) is 0.235. The monoisotopic (exact) mass is 254 g/mol. The molecule has 0 aliphatic heterocycles. The molecule has 98 valence electrons. The van der Waals surface area contributed by atoms with Crippen LogP contribution in [0.4, 0.5) is 0 Å². The van der Waals surface area contributed by atoms with Crippen molar-refractivity contribution in [1.29, 1.82) is 0 Å². The lowest BCUT2D eigenvalue weighted by molar-refractivity contribution is -0.191. The summed E-state index contributed by atoms with van der Waals surface area (Å²) in [7, 11) is 0. The molecule has 2 aromatic carbocycles. The molecule has 0 unspecified atom stereocenters. The maximum Gasteiger partial charge on any atom is 0.373 e. The zero-order valence-corrected chi connectivity index (χ0v) is 11.8. The summed E-state index contributed by atoms with van der Waals surface area (Å²) in [5, 5.41) is 0. The standard InChI is InChI=1S/C16H18.CO2/c1-11-7-5-9-15(13(11)3)16-10-6-8-12(2)14(16)4;2-1-3/h5-10H,1-4H3;. The quantitative estimate of drug-likeness (QED) is 0.770. The molecule has 19 heavy (non-hydrogen) atoms. The van der Waals surface area contributed by atoms with Crippen LogP contribution in [0.15, 0.2) is 36.4 Å². The first-order chi connectivity index (χ1) is 9.02. The second-order valence-corrected chi connectivity index (χ2v) is 4.58. The molecule has 0 aliphatic carbocycles. The highest BCUT2D eigenvalue weighted by Gasteiger charge is 2.07. The second-order valence-electron chi connectivity index (χ2n) is 4.58. The first-order valence-electron chi connectivity index (χ1n) is 6.15. The predicted octanol–water partition coefficient (Wildman–Crippen LogP) is 4.00. The summed E-state index contributed by atoms with van der Waals surface area (Å²) in [6.07, 6.45) is 0.250. The summed E-state index contributed by atoms with van der Waals surface area (Å²) in [6, 6.07) is 13.0. The second kappa shape index (κ2) is 6.67. The average molecular weight is 254 g/mol. The van der Waals surface area contributed by atoms with Gasteiger partial charge in [-0.3, -0.25) is 0 Å². The van der Waals surface area contributed by atoms with E-state index in [2.05, 4.69) is 64.1 Å². The number of hydrogen-bond donors (Lipinski definition) is 0. The van der Waals surface area contributed by atoms with Gasteiger partial charge in [0.25, 0.3) is 0 Å². The Labute approximate surface area is 114 Å². The SMILES string of the molecule is Cc1cccc(-c2cccc(C)c2C)c1C.O=C=O. The van der Waals surface area contributed by atoms with Crippen molar-refractivity contribution in [2.24, 2.45) is 0 Å². The summed E-state index contributed by atoms with van der Waals surface area (Å²) in [5.41, 5.74) is 8.21. The number of rotatable bonds is 1. The molecule has 2 nitrogen and oxygen atoms in total. The van der Waals surface area contributed by atoms with Crippen LogP contribution in [0.2, 0.25) is 0 Å². The molecule has 0 radical (unpaired) electrons. The molecular weight excluding hydrogens is 236 g/mol. The van der Waals surface area contributed by atoms with Gasteiger partial charge in [0, 0.05) is 0 Å². The van der Waals surface area contributed by atoms with E-state index in [1.54, 1.807) is 0 Å². The first kappa shape index (κ1) is 14.9. The van der Waals surface area contributed by atoms with Crippen molar-refractivity contribution >= 4 is 6.15 Å². The molecule has 0 fully saturated rings. The summed E-state index contributed by atoms with van der Waals surface area (Å²) in [5.74, 6) is 0. The number of hydrogen-bond acceptors (Lipinski definition) is 2. The Morgan fingerprint density at radius 2 is 1.00 bits per heavy atom. The van der Waals surface area contributed by atoms with E-state index < -0.39 is 0 Å². The largest absolute Gasteiger partial charge is 0.373 e. The molecule has 0 bridgehead atoms. The summed E-state index contributed by atoms with van der Waals surface area (Å²) in [4.78, 5) is 16.2. The minimum atomic E-state index is 0.250. The van der Waals surface area contributed by atoms with Gasteiger partial charge in [0.1, 0.15) is 0 Å². The summed E-state index contributed by atoms with van der Waals surface area (Å²) >= 11 is 0. The van der Waals surface area contributed by atoms with E-state index in [1.165, 1.54) is 33.4 Å². The van der Waals surface area contributed by atoms with Gasteiger partial charge < -0.3 is 0 Å². The molecule has 2 rings (SSSR count). The molecule has 0 heterocycles. The van der Waals surface area contributed by atoms with Crippen LogP contribution in [0.5, 0.6) is 0 Å². The van der Waals surface area contributed by atoms with E-state index in [9.17, 15) is 0 Å². The van der Waals surface area contributed by atoms with E-state index in [0.29, 0.717) is 0 Å². The van der Waals surface area contributed by atoms with Gasteiger partial charge >= 0.3 is 6.15 Å². The maximum atomic E-state index is 8.12. The third-order valence-corrected chi connectivity index (χ3v) is 3.50. The topological polar surface area (TPSA) is 34.1 Å². The van der Waals surface area contributed by atoms with Gasteiger partial charge in [0.2, 0.25) is 0 Å². The Bertz CT molecular complexity index is 557. The van der Waals surface area contributed by atoms with Crippen molar-refractivity contribution < 1.29 is 9.59 Å². The highest BCUT2D eigenvalue weighted by molar-refractivity contribution is 5.72. The van der Waals surface area contributed by atoms with Crippen molar-refractivity contribution in [1.82, 2.24) is 0 Å². The van der Waals surface area contributed by atoms with Crippen LogP contribution < -0.4 is 0 Å². The Hall–Kier alpha value is -2.18. The molecule has 0 spiro atoms. The Balaban J connectivity index is 0.000000550. The van der Waals surface area contributed by atoms with Crippen molar-refractivity contribution in [3.05, 3.63) is 58.7 Å². The minimum Gasteiger partial charge on any atom is -0.186 e. The van der Waals surface area contributed by atoms with E-state index in [-0.39, 0.29) is 6.15 Å². The molecule has 2 heteroatoms. The van der Waals surface area contributed by atoms with Crippen LogP contribution in [0.25, 0.3) is 11.1 Å². The molecule has 0 N–H and O–H groups in total. The van der Waals surface area contributed by atoms with Gasteiger partial charge in [-0.15, -0.1) is 0 Å². The van der Waals surface area contributed by atoms with E-state index >= 15 is 0 Å². The molecule has 0 atom stereocenters. The molecule has 0 amide bonds. The van der Waals surface area contributed by atoms with Crippen molar-refractivity contribution in [3.8, 4) is 11.1 Å². The average Bonchev–Trinajstić information content (AvgIpc) is 2.38. The zero-order valence-electron chi connectivity index (χ0n) is 11.8. The minimum absolute atomic E-state index is 0.250. The number of aryl methyl sites for hydroxylation is 2. The summed E-state index contributed by atoms with van der Waals surface area (Å²) in [6.45, 7) is 8.74. The van der Waals surface area contributed by atoms with Crippen LogP contribution in [-0.4, -0.2) is 6.15 Å². The zero-order chi connectivity index (χ0) is 14.4. The van der Waals surface area contributed by atoms with Gasteiger partial charge in [0.15, 0.2) is 0 Å². The fourth-order valence-corrected chi connectivity index (χ4v) is 2.09. The van der Waals surface area contributed by atoms with Gasteiger partial charge in [-0.25, -0.2) is 0 Å². The Morgan fingerprint density at radius 1 is 0.684 bits per heavy atom. The molecule has 0 aliphatic rings. The maximum absolute atomic E-state index is 8.12. The third-order valence-electron chi connectivity index (χ3n) is 3.50. The first-order valence-corrected chi connectivity index (χ1v) is 6.15. The van der Waals surface area contributed by atoms with E-state index in [0.717, 1.165) is 0 Å². The lowest BCUT2D eigenvalue weighted by Gasteiger charge is -2.12. The molecule has 0 saturated carbocycles. The van der Waals surface area contributed by atoms with Crippen LogP contribution in [-0.2, 0) is 9.59 Å². The Morgan fingerprint density at radius 3 is 1.32 bits per heavy atom. The lowest BCUT2D eigenvalue weighted by atomic mass is 9.92. The summed E-state index contributed by atoms with van der Waals surface area (Å²) < 4.78 is 0. The fourth-order valence-electron chi connectivity index (χ4n) is 2.09. The van der Waals surface area contributed by atoms with Crippen LogP contribution in [0.1, 0.15) is 22.3 Å². The molecular formula is C17H18O2. The molecule has 0 aromatic heterocycles. The predicted molar refractivity (Wildman–Crippen MR) is 75.8 cm³/mol. The van der Waals surface area contributed by atoms with Crippen molar-refractivity contribution in [3.63, 3.8) is 0 Å². The third kappa shape index (κ3) is 3.40. The van der Waals surface area contributed by atoms with Crippen molar-refractivity contribution in [2.75, 3.05) is 0 Å². The van der Waals surface area contributed by atoms with Gasteiger partial charge in [-0.2, -0.15) is 9.59 Å². The lowest BCUT2D eigenvalue weighted by Crippen LogP contribution is -1.91. The number of benzene rings is 2. The van der Waals surface area contributed by atoms with Gasteiger partial charge in [0.05, 0.1) is 0 Å². The highest BCUT2D eigenvalue weighted by atomic mass is 16.2. The van der Waals surface area contributed by atoms with E-state index in [1.807, 2.05) is 0 Å². The van der Waals surface area contributed by atoms with Crippen LogP contribution in [0.3, 0.4) is 0 Å². The molecule has 0 saturated heterocycles.